The minimum Gasteiger partial charge on any atom is -0.496 e. The average molecular weight is 1850 g/mol. The quantitative estimate of drug-likeness (QED) is 0.0135. The van der Waals surface area contributed by atoms with Gasteiger partial charge >= 0.3 is 0 Å². The number of methoxy groups -OCH3 is 5. The molecule has 13 rings (SSSR count). The van der Waals surface area contributed by atoms with Crippen molar-refractivity contribution in [1.29, 1.82) is 0 Å². The first-order valence-corrected chi connectivity index (χ1v) is 49.4. The van der Waals surface area contributed by atoms with Crippen molar-refractivity contribution in [3.05, 3.63) is 103 Å². The summed E-state index contributed by atoms with van der Waals surface area (Å²) >= 11 is 0. The van der Waals surface area contributed by atoms with Crippen LogP contribution < -0.4 is 92.4 Å². The second-order valence-corrected chi connectivity index (χ2v) is 38.2. The molecule has 36 nitrogen and oxygen atoms in total. The molecule has 0 radical (unpaired) electrons. The molecule has 5 aliphatic rings. The molecule has 0 amide bonds. The zero-order chi connectivity index (χ0) is 92.6. The smallest absolute Gasteiger partial charge is 0.290 e. The highest BCUT2D eigenvalue weighted by Gasteiger charge is 2.32. The van der Waals surface area contributed by atoms with Crippen LogP contribution in [-0.2, 0) is 55.2 Å². The van der Waals surface area contributed by atoms with Crippen LogP contribution in [0.3, 0.4) is 0 Å². The van der Waals surface area contributed by atoms with E-state index in [9.17, 15) is 33.7 Å². The molecule has 14 N–H and O–H groups in total. The second kappa shape index (κ2) is 50.0. The van der Waals surface area contributed by atoms with E-state index >= 15 is 0 Å². The molecule has 40 heteroatoms. The molecule has 0 spiro atoms. The van der Waals surface area contributed by atoms with Crippen molar-refractivity contribution in [2.45, 2.75) is 125 Å². The lowest BCUT2D eigenvalue weighted by atomic mass is 9.82. The van der Waals surface area contributed by atoms with E-state index in [1.54, 1.807) is 35.5 Å². The van der Waals surface area contributed by atoms with Gasteiger partial charge in [0.25, 0.3) is 53.8 Å². The molecular weight excluding hydrogens is 1720 g/mol. The van der Waals surface area contributed by atoms with Crippen LogP contribution in [0.1, 0.15) is 124 Å². The predicted molar refractivity (Wildman–Crippen MR) is 500 cm³/mol. The number of rotatable bonds is 33. The number of nitrogens with zero attached hydrogens (tertiary/aromatic N) is 9. The number of aromatic nitrogens is 4. The number of pyridine rings is 4. The highest BCUT2D eigenvalue weighted by Crippen LogP contribution is 2.43. The van der Waals surface area contributed by atoms with Crippen LogP contribution in [0.15, 0.2) is 97.6 Å². The molecule has 0 saturated carbocycles. The summed E-state index contributed by atoms with van der Waals surface area (Å²) in [5.74, 6) is 7.35. The van der Waals surface area contributed by atoms with Crippen LogP contribution in [0, 0.1) is 54.3 Å². The lowest BCUT2D eigenvalue weighted by Crippen LogP contribution is -2.41. The van der Waals surface area contributed by atoms with Gasteiger partial charge in [-0.15, -0.1) is 0 Å². The summed E-state index contributed by atoms with van der Waals surface area (Å²) in [5, 5.41) is 38.4. The summed E-state index contributed by atoms with van der Waals surface area (Å²) in [7, 11) is -6.25. The molecule has 4 atom stereocenters. The maximum Gasteiger partial charge on any atom is 0.290 e. The minimum atomic E-state index is -3.65. The fourth-order valence-corrected chi connectivity index (χ4v) is 19.3. The lowest BCUT2D eigenvalue weighted by Gasteiger charge is -2.37. The van der Waals surface area contributed by atoms with E-state index in [4.69, 9.17) is 73.5 Å². The Morgan fingerprint density at radius 3 is 1.02 bits per heavy atom. The van der Waals surface area contributed by atoms with E-state index in [1.807, 2.05) is 68.1 Å². The first kappa shape index (κ1) is 103. The van der Waals surface area contributed by atoms with E-state index in [0.29, 0.717) is 92.8 Å². The van der Waals surface area contributed by atoms with Crippen molar-refractivity contribution >= 4 is 126 Å². The first-order valence-electron chi connectivity index (χ1n) is 43.2. The summed E-state index contributed by atoms with van der Waals surface area (Å²) in [6.45, 7) is 24.5. The number of carboxylic acid groups (broad SMARTS) is 2. The Morgan fingerprint density at radius 1 is 0.394 bits per heavy atom. The van der Waals surface area contributed by atoms with Gasteiger partial charge in [0.2, 0.25) is 0 Å². The normalized spacial score (nSPS) is 16.8. The van der Waals surface area contributed by atoms with Crippen LogP contribution in [0.5, 0.6) is 34.5 Å². The van der Waals surface area contributed by atoms with Gasteiger partial charge in [0.05, 0.1) is 69.4 Å². The Labute approximate surface area is 748 Å². The molecule has 4 aromatic heterocycles. The van der Waals surface area contributed by atoms with Crippen molar-refractivity contribution in [1.82, 2.24) is 38.8 Å². The van der Waals surface area contributed by atoms with Gasteiger partial charge in [0.15, 0.2) is 23.0 Å². The third kappa shape index (κ3) is 31.2. The summed E-state index contributed by atoms with van der Waals surface area (Å²) in [5.41, 5.74) is 10.5. The van der Waals surface area contributed by atoms with Crippen LogP contribution in [0.4, 0.5) is 28.4 Å². The SMILES string of the molecule is CCC(CNS(N)(=O)=O)C1CCN(c2ccnc3cc(C)c(OC)cc23)CC1.CCCOc1cc2c(N3CCC(C(C)CNS(N)(=O)=O)CC3)ccnc2cc1OC.COCCOc1cc2c(N3CCC(C(C)CNS(N)(=O)=O)CC3)ccnc2cc1OC.COc1cc2nccc(N3CCC(C(C)CNS(N)(=O)=O)CC3)c2cc1N1CCCCC1.O=CO.O=CO. The fourth-order valence-electron chi connectivity index (χ4n) is 17.4. The van der Waals surface area contributed by atoms with Crippen LogP contribution in [0.25, 0.3) is 43.6 Å². The van der Waals surface area contributed by atoms with Crippen LogP contribution >= 0.6 is 0 Å². The zero-order valence-electron chi connectivity index (χ0n) is 75.0. The van der Waals surface area contributed by atoms with Crippen molar-refractivity contribution in [2.75, 3.05) is 171 Å². The highest BCUT2D eigenvalue weighted by atomic mass is 32.2. The Kier molecular flexibility index (Phi) is 40.6. The Balaban J connectivity index is 0.000000205. The Hall–Kier alpha value is -9.30. The molecule has 127 heavy (non-hydrogen) atoms. The molecule has 8 aromatic rings. The van der Waals surface area contributed by atoms with Crippen molar-refractivity contribution in [3.63, 3.8) is 0 Å². The van der Waals surface area contributed by atoms with Crippen molar-refractivity contribution in [2.24, 2.45) is 67.9 Å². The number of aryl methyl sites for hydroxylation is 1. The number of ether oxygens (including phenoxy) is 7. The number of piperidine rings is 5. The number of hydrogen-bond acceptors (Lipinski definition) is 26. The number of benzene rings is 4. The van der Waals surface area contributed by atoms with Gasteiger partial charge in [0, 0.05) is 186 Å². The zero-order valence-corrected chi connectivity index (χ0v) is 78.3. The van der Waals surface area contributed by atoms with Crippen molar-refractivity contribution in [3.8, 4) is 34.5 Å². The predicted octanol–water partition coefficient (Wildman–Crippen LogP) is 9.46. The number of carbonyl (C=O) groups is 2. The molecule has 704 valence electrons. The molecule has 5 saturated heterocycles. The van der Waals surface area contributed by atoms with Gasteiger partial charge in [-0.2, -0.15) is 33.7 Å². The molecule has 5 aliphatic heterocycles. The summed E-state index contributed by atoms with van der Waals surface area (Å²) < 4.78 is 138. The van der Waals surface area contributed by atoms with E-state index in [1.165, 1.54) is 30.6 Å². The largest absolute Gasteiger partial charge is 0.496 e. The molecule has 4 unspecified atom stereocenters. The number of fused-ring (bicyclic) bond motifs is 4. The van der Waals surface area contributed by atoms with E-state index in [2.05, 4.69) is 134 Å². The van der Waals surface area contributed by atoms with E-state index in [-0.39, 0.29) is 30.7 Å². The molecule has 5 fully saturated rings. The maximum atomic E-state index is 11.2. The number of anilines is 5. The number of nitrogens with two attached hydrogens (primary N) is 4. The number of hydrogen-bond donors (Lipinski definition) is 10. The lowest BCUT2D eigenvalue weighted by molar-refractivity contribution is -0.123. The summed E-state index contributed by atoms with van der Waals surface area (Å²) in [6.07, 6.45) is 21.0. The van der Waals surface area contributed by atoms with Gasteiger partial charge < -0.3 is 67.9 Å². The highest BCUT2D eigenvalue weighted by molar-refractivity contribution is 7.87. The topological polar surface area (TPSA) is 496 Å². The molecule has 4 aromatic carbocycles. The first-order chi connectivity index (χ1) is 60.6. The molecular formula is C87H133N17O19S4. The molecule has 0 bridgehead atoms. The van der Waals surface area contributed by atoms with Crippen molar-refractivity contribution < 1.29 is 86.6 Å². The van der Waals surface area contributed by atoms with Gasteiger partial charge in [-0.25, -0.2) is 39.4 Å². The third-order valence-corrected chi connectivity index (χ3v) is 26.7. The summed E-state index contributed by atoms with van der Waals surface area (Å²) in [4.78, 5) is 46.9. The van der Waals surface area contributed by atoms with Gasteiger partial charge in [-0.1, -0.05) is 41.0 Å². The minimum absolute atomic E-state index is 0.222. The maximum absolute atomic E-state index is 11.2. The van der Waals surface area contributed by atoms with Crippen LogP contribution in [-0.4, -0.2) is 224 Å². The van der Waals surface area contributed by atoms with Gasteiger partial charge in [-0.05, 0) is 191 Å². The fraction of sp³-hybridized carbons (Fsp3) is 0.563. The van der Waals surface area contributed by atoms with Gasteiger partial charge in [0.1, 0.15) is 18.1 Å². The second-order valence-electron chi connectivity index (χ2n) is 32.7. The van der Waals surface area contributed by atoms with Gasteiger partial charge in [-0.3, -0.25) is 29.5 Å². The molecule has 0 aliphatic carbocycles. The molecule has 9 heterocycles. The monoisotopic (exact) mass is 1850 g/mol. The number of nitrogens with one attached hydrogen (secondary N) is 4. The Morgan fingerprint density at radius 2 is 0.693 bits per heavy atom. The van der Waals surface area contributed by atoms with Crippen LogP contribution in [0.2, 0.25) is 0 Å². The third-order valence-electron chi connectivity index (χ3n) is 24.5. The average Bonchev–Trinajstić information content (AvgIpc) is 0.799. The van der Waals surface area contributed by atoms with E-state index in [0.717, 1.165) is 213 Å². The summed E-state index contributed by atoms with van der Waals surface area (Å²) in [6, 6.07) is 24.5. The Bertz CT molecular complexity index is 5290. The standard InChI is InChI=1S/C23H35N5O3S.C21H32N4O5S.C21H32N4O4S.C20H30N4O3S.2CH2O2/c1-17(16-26-32(24,29)30)18-7-12-28(13-8-18)21-6-9-25-20-15-23(31-2)22(14-19(20)21)27-10-4-3-5-11-27;1-15(14-24-31(22,26)27)16-5-8-25(9-6-16)19-4-7-23-18-13-20(29-3)21(12-17(18)19)30-11-10-28-2;1-4-11-29-21-12-17-18(13-20(21)28-3)23-8-5-19(17)25-9-6-16(7-10-25)15(2)14-24-30(22,26)27;1-4-15(13-23-28(21,25)26)16-6-9-24(10-7-16)19-5-8-22-18-11-14(2)20(27-3)12-17(18)19;2*2-1-3/h6,9,14-15,17-18,26H,3-5,7-8,10-13,16H2,1-2H3,(H2,24,29,30);4,7,12-13,15-16,24H,5-6,8-11,14H2,1-3H3,(H2,22,26,27);5,8,12-13,15-16,24H,4,6-7,9-11,14H2,1-3H3,(H2,22,26,27);5,8,11-12,15-16,23H,4,6-7,9-10,13H2,1-3H3,(H2,21,25,26);2*1H,(H,2,3). The van der Waals surface area contributed by atoms with E-state index < -0.39 is 40.8 Å².